The van der Waals surface area contributed by atoms with E-state index < -0.39 is 0 Å². The van der Waals surface area contributed by atoms with Crippen molar-refractivity contribution < 1.29 is 9.84 Å². The summed E-state index contributed by atoms with van der Waals surface area (Å²) < 4.78 is 7.05. The molecule has 92 valence electrons. The number of rotatable bonds is 4. The predicted octanol–water partition coefficient (Wildman–Crippen LogP) is 1.91. The summed E-state index contributed by atoms with van der Waals surface area (Å²) in [6.45, 7) is 0.635. The lowest BCUT2D eigenvalue weighted by atomic mass is 10.1. The minimum atomic E-state index is 0.00820. The summed E-state index contributed by atoms with van der Waals surface area (Å²) in [4.78, 5) is 0. The Morgan fingerprint density at radius 3 is 2.89 bits per heavy atom. The lowest BCUT2D eigenvalue weighted by Crippen LogP contribution is -2.03. The van der Waals surface area contributed by atoms with Crippen molar-refractivity contribution >= 4 is 0 Å². The first kappa shape index (κ1) is 12.2. The second-order valence-electron chi connectivity index (χ2n) is 3.93. The molecular weight excluding hydrogens is 228 g/mol. The molecule has 2 aromatic rings. The molecule has 2 rings (SSSR count). The van der Waals surface area contributed by atoms with Gasteiger partial charge >= 0.3 is 0 Å². The monoisotopic (exact) mass is 242 g/mol. The number of benzene rings is 1. The summed E-state index contributed by atoms with van der Waals surface area (Å²) in [7, 11) is 1.55. The van der Waals surface area contributed by atoms with Crippen LogP contribution in [0.15, 0.2) is 36.5 Å². The number of aliphatic hydroxyl groups excluding tert-OH is 1. The van der Waals surface area contributed by atoms with Crippen LogP contribution in [0, 0.1) is 11.3 Å². The van der Waals surface area contributed by atoms with E-state index in [-0.39, 0.29) is 6.61 Å². The molecule has 1 aromatic carbocycles. The molecule has 0 saturated carbocycles. The minimum Gasteiger partial charge on any atom is -0.495 e. The van der Waals surface area contributed by atoms with Crippen molar-refractivity contribution in [1.82, 2.24) is 4.57 Å². The van der Waals surface area contributed by atoms with Crippen LogP contribution in [-0.2, 0) is 13.2 Å². The van der Waals surface area contributed by atoms with E-state index in [1.165, 1.54) is 0 Å². The molecule has 0 fully saturated rings. The smallest absolute Gasteiger partial charge is 0.136 e. The van der Waals surface area contributed by atoms with E-state index in [0.29, 0.717) is 17.9 Å². The standard InChI is InChI=1S/C14H14N2O2/c1-18-14-5-4-11(7-12(14)8-15)9-16-6-2-3-13(16)10-17/h2-7,17H,9-10H2,1H3. The van der Waals surface area contributed by atoms with Gasteiger partial charge in [0.1, 0.15) is 11.8 Å². The summed E-state index contributed by atoms with van der Waals surface area (Å²) in [5.41, 5.74) is 2.37. The molecule has 0 aliphatic rings. The summed E-state index contributed by atoms with van der Waals surface area (Å²) >= 11 is 0. The van der Waals surface area contributed by atoms with Crippen molar-refractivity contribution in [3.63, 3.8) is 0 Å². The number of nitrogens with zero attached hydrogens (tertiary/aromatic N) is 2. The normalized spacial score (nSPS) is 10.1. The first-order valence-electron chi connectivity index (χ1n) is 5.60. The van der Waals surface area contributed by atoms with Crippen LogP contribution in [0.5, 0.6) is 5.75 Å². The van der Waals surface area contributed by atoms with Gasteiger partial charge in [-0.25, -0.2) is 0 Å². The SMILES string of the molecule is COc1ccc(Cn2cccc2CO)cc1C#N. The third-order valence-electron chi connectivity index (χ3n) is 2.82. The maximum absolute atomic E-state index is 9.18. The van der Waals surface area contributed by atoms with Gasteiger partial charge in [-0.1, -0.05) is 6.07 Å². The van der Waals surface area contributed by atoms with Gasteiger partial charge in [-0.2, -0.15) is 5.26 Å². The quantitative estimate of drug-likeness (QED) is 0.891. The van der Waals surface area contributed by atoms with Gasteiger partial charge in [0.25, 0.3) is 0 Å². The van der Waals surface area contributed by atoms with Gasteiger partial charge in [-0.15, -0.1) is 0 Å². The first-order chi connectivity index (χ1) is 8.78. The summed E-state index contributed by atoms with van der Waals surface area (Å²) in [5, 5.41) is 18.2. The van der Waals surface area contributed by atoms with Gasteiger partial charge < -0.3 is 14.4 Å². The van der Waals surface area contributed by atoms with E-state index in [4.69, 9.17) is 10.00 Å². The molecule has 0 radical (unpaired) electrons. The topological polar surface area (TPSA) is 58.2 Å². The Balaban J connectivity index is 2.28. The van der Waals surface area contributed by atoms with Crippen molar-refractivity contribution in [2.75, 3.05) is 7.11 Å². The highest BCUT2D eigenvalue weighted by molar-refractivity contribution is 5.45. The zero-order valence-corrected chi connectivity index (χ0v) is 10.1. The first-order valence-corrected chi connectivity index (χ1v) is 5.60. The highest BCUT2D eigenvalue weighted by atomic mass is 16.5. The molecule has 0 atom stereocenters. The van der Waals surface area contributed by atoms with Gasteiger partial charge in [0, 0.05) is 18.4 Å². The van der Waals surface area contributed by atoms with Gasteiger partial charge in [0.05, 0.1) is 19.3 Å². The number of hydrogen-bond donors (Lipinski definition) is 1. The number of hydrogen-bond acceptors (Lipinski definition) is 3. The highest BCUT2D eigenvalue weighted by Crippen LogP contribution is 2.19. The summed E-state index contributed by atoms with van der Waals surface area (Å²) in [5.74, 6) is 0.580. The molecule has 0 unspecified atom stereocenters. The maximum atomic E-state index is 9.18. The van der Waals surface area contributed by atoms with Crippen LogP contribution < -0.4 is 4.74 Å². The van der Waals surface area contributed by atoms with Crippen LogP contribution in [0.3, 0.4) is 0 Å². The van der Waals surface area contributed by atoms with Crippen LogP contribution in [0.1, 0.15) is 16.8 Å². The van der Waals surface area contributed by atoms with Crippen molar-refractivity contribution in [3.05, 3.63) is 53.3 Å². The third-order valence-corrected chi connectivity index (χ3v) is 2.82. The number of aliphatic hydroxyl groups is 1. The molecule has 0 amide bonds. The maximum Gasteiger partial charge on any atom is 0.136 e. The second-order valence-corrected chi connectivity index (χ2v) is 3.93. The molecule has 0 aliphatic heterocycles. The third kappa shape index (κ3) is 2.36. The Hall–Kier alpha value is -2.25. The van der Waals surface area contributed by atoms with E-state index in [2.05, 4.69) is 6.07 Å². The minimum absolute atomic E-state index is 0.00820. The molecule has 4 nitrogen and oxygen atoms in total. The lowest BCUT2D eigenvalue weighted by Gasteiger charge is -2.09. The molecule has 4 heteroatoms. The van der Waals surface area contributed by atoms with Crippen LogP contribution in [-0.4, -0.2) is 16.8 Å². The summed E-state index contributed by atoms with van der Waals surface area (Å²) in [6, 6.07) is 11.4. The Kier molecular flexibility index (Phi) is 3.66. The lowest BCUT2D eigenvalue weighted by molar-refractivity contribution is 0.271. The van der Waals surface area contributed by atoms with Gasteiger partial charge in [-0.05, 0) is 29.8 Å². The Labute approximate surface area is 106 Å². The molecule has 0 bridgehead atoms. The van der Waals surface area contributed by atoms with Crippen molar-refractivity contribution in [2.24, 2.45) is 0 Å². The fourth-order valence-corrected chi connectivity index (χ4v) is 1.88. The second kappa shape index (κ2) is 5.39. The van der Waals surface area contributed by atoms with E-state index in [0.717, 1.165) is 11.3 Å². The zero-order valence-electron chi connectivity index (χ0n) is 10.1. The molecule has 1 aromatic heterocycles. The van der Waals surface area contributed by atoms with E-state index in [1.54, 1.807) is 19.2 Å². The molecular formula is C14H14N2O2. The van der Waals surface area contributed by atoms with Crippen molar-refractivity contribution in [2.45, 2.75) is 13.2 Å². The predicted molar refractivity (Wildman–Crippen MR) is 67.2 cm³/mol. The van der Waals surface area contributed by atoms with Crippen LogP contribution in [0.2, 0.25) is 0 Å². The van der Waals surface area contributed by atoms with Crippen LogP contribution >= 0.6 is 0 Å². The molecule has 0 saturated heterocycles. The average molecular weight is 242 g/mol. The van der Waals surface area contributed by atoms with Crippen LogP contribution in [0.4, 0.5) is 0 Å². The van der Waals surface area contributed by atoms with E-state index in [9.17, 15) is 5.11 Å². The van der Waals surface area contributed by atoms with Gasteiger partial charge in [0.15, 0.2) is 0 Å². The molecule has 1 N–H and O–H groups in total. The van der Waals surface area contributed by atoms with Crippen molar-refractivity contribution in [1.29, 1.82) is 5.26 Å². The summed E-state index contributed by atoms with van der Waals surface area (Å²) in [6.07, 6.45) is 1.90. The fourth-order valence-electron chi connectivity index (χ4n) is 1.88. The Bertz CT molecular complexity index is 582. The largest absolute Gasteiger partial charge is 0.495 e. The number of aromatic nitrogens is 1. The van der Waals surface area contributed by atoms with Crippen LogP contribution in [0.25, 0.3) is 0 Å². The molecule has 1 heterocycles. The Morgan fingerprint density at radius 1 is 1.39 bits per heavy atom. The average Bonchev–Trinajstić information content (AvgIpc) is 2.85. The number of ether oxygens (including phenoxy) is 1. The number of methoxy groups -OCH3 is 1. The molecule has 0 aliphatic carbocycles. The fraction of sp³-hybridized carbons (Fsp3) is 0.214. The van der Waals surface area contributed by atoms with E-state index in [1.807, 2.05) is 29.0 Å². The van der Waals surface area contributed by atoms with Crippen molar-refractivity contribution in [3.8, 4) is 11.8 Å². The molecule has 18 heavy (non-hydrogen) atoms. The van der Waals surface area contributed by atoms with Gasteiger partial charge in [-0.3, -0.25) is 0 Å². The molecule has 0 spiro atoms. The Morgan fingerprint density at radius 2 is 2.22 bits per heavy atom. The van der Waals surface area contributed by atoms with Gasteiger partial charge in [0.2, 0.25) is 0 Å². The number of nitriles is 1. The zero-order chi connectivity index (χ0) is 13.0. The highest BCUT2D eigenvalue weighted by Gasteiger charge is 2.05. The van der Waals surface area contributed by atoms with E-state index >= 15 is 0 Å².